The lowest BCUT2D eigenvalue weighted by Gasteiger charge is -2.40. The summed E-state index contributed by atoms with van der Waals surface area (Å²) >= 11 is 2.12. The second kappa shape index (κ2) is 13.5. The van der Waals surface area contributed by atoms with Gasteiger partial charge in [0.15, 0.2) is 0 Å². The summed E-state index contributed by atoms with van der Waals surface area (Å²) in [6.45, 7) is 1.79. The van der Waals surface area contributed by atoms with Crippen LogP contribution in [0.3, 0.4) is 0 Å². The van der Waals surface area contributed by atoms with Gasteiger partial charge in [0.25, 0.3) is 5.91 Å². The van der Waals surface area contributed by atoms with Crippen LogP contribution in [0.1, 0.15) is 27.9 Å². The van der Waals surface area contributed by atoms with Gasteiger partial charge < -0.3 is 29.6 Å². The standard InChI is InChI=1S/C33H31IN2O7/c1-20-10-12-21(13-11-20)19-36(32(40)24-16-22-6-2-4-8-27(22)43-33(24)41)26-17-23(31(39)35-14-15-37)18-29(30(26)38)42-28-9-5-3-7-25(28)34/h2-13,16,18,26,29-30,37-38H,14-15,17,19H2,1H3,(H,35,39)/t26-,29+,30+/m1/s1. The van der Waals surface area contributed by atoms with E-state index in [1.807, 2.05) is 43.3 Å². The first-order valence-corrected chi connectivity index (χ1v) is 14.9. The molecule has 0 spiro atoms. The van der Waals surface area contributed by atoms with Crippen LogP contribution < -0.4 is 15.7 Å². The lowest BCUT2D eigenvalue weighted by Crippen LogP contribution is -2.55. The number of fused-ring (bicyclic) bond motifs is 1. The van der Waals surface area contributed by atoms with Gasteiger partial charge in [0.1, 0.15) is 29.1 Å². The third kappa shape index (κ3) is 6.98. The van der Waals surface area contributed by atoms with Gasteiger partial charge in [0.05, 0.1) is 16.2 Å². The van der Waals surface area contributed by atoms with E-state index in [1.165, 1.54) is 11.0 Å². The van der Waals surface area contributed by atoms with Crippen LogP contribution in [0.5, 0.6) is 5.75 Å². The van der Waals surface area contributed by atoms with E-state index >= 15 is 0 Å². The van der Waals surface area contributed by atoms with Crippen molar-refractivity contribution in [2.24, 2.45) is 0 Å². The van der Waals surface area contributed by atoms with Gasteiger partial charge in [0.2, 0.25) is 5.91 Å². The Morgan fingerprint density at radius 2 is 1.79 bits per heavy atom. The third-order valence-electron chi connectivity index (χ3n) is 7.32. The van der Waals surface area contributed by atoms with E-state index in [9.17, 15) is 24.6 Å². The number of nitrogens with one attached hydrogen (secondary N) is 1. The lowest BCUT2D eigenvalue weighted by atomic mass is 9.87. The van der Waals surface area contributed by atoms with Crippen LogP contribution in [0.4, 0.5) is 0 Å². The maximum Gasteiger partial charge on any atom is 0.349 e. The predicted molar refractivity (Wildman–Crippen MR) is 170 cm³/mol. The molecule has 2 amide bonds. The molecule has 0 fully saturated rings. The molecule has 0 aliphatic heterocycles. The van der Waals surface area contributed by atoms with Crippen LogP contribution in [-0.4, -0.2) is 58.3 Å². The quantitative estimate of drug-likeness (QED) is 0.179. The zero-order valence-electron chi connectivity index (χ0n) is 23.4. The summed E-state index contributed by atoms with van der Waals surface area (Å²) in [7, 11) is 0. The number of carbonyl (C=O) groups is 2. The number of ether oxygens (including phenoxy) is 1. The van der Waals surface area contributed by atoms with Gasteiger partial charge in [-0.15, -0.1) is 0 Å². The molecule has 222 valence electrons. The Morgan fingerprint density at radius 1 is 1.07 bits per heavy atom. The molecular weight excluding hydrogens is 663 g/mol. The number of amides is 2. The number of carbonyl (C=O) groups excluding carboxylic acids is 2. The molecule has 0 radical (unpaired) electrons. The van der Waals surface area contributed by atoms with E-state index in [1.54, 1.807) is 42.5 Å². The number of nitrogens with zero attached hydrogens (tertiary/aromatic N) is 1. The largest absolute Gasteiger partial charge is 0.482 e. The predicted octanol–water partition coefficient (Wildman–Crippen LogP) is 3.96. The first-order valence-electron chi connectivity index (χ1n) is 13.8. The highest BCUT2D eigenvalue weighted by Crippen LogP contribution is 2.31. The van der Waals surface area contributed by atoms with Gasteiger partial charge in [-0.25, -0.2) is 4.79 Å². The second-order valence-electron chi connectivity index (χ2n) is 10.4. The summed E-state index contributed by atoms with van der Waals surface area (Å²) in [6.07, 6.45) is -0.713. The summed E-state index contributed by atoms with van der Waals surface area (Å²) in [4.78, 5) is 41.9. The Morgan fingerprint density at radius 3 is 2.53 bits per heavy atom. The average molecular weight is 695 g/mol. The minimum atomic E-state index is -1.26. The Hall–Kier alpha value is -4.00. The number of aliphatic hydroxyl groups excluding tert-OH is 2. The smallest absolute Gasteiger partial charge is 0.349 e. The molecule has 1 aromatic heterocycles. The number of rotatable bonds is 9. The minimum absolute atomic E-state index is 0.0132. The van der Waals surface area contributed by atoms with Crippen molar-refractivity contribution in [2.75, 3.05) is 13.2 Å². The van der Waals surface area contributed by atoms with E-state index in [4.69, 9.17) is 9.15 Å². The summed E-state index contributed by atoms with van der Waals surface area (Å²) in [5.74, 6) is -0.588. The molecule has 0 saturated heterocycles. The highest BCUT2D eigenvalue weighted by Gasteiger charge is 2.41. The molecular formula is C33H31IN2O7. The van der Waals surface area contributed by atoms with Crippen LogP contribution in [0.2, 0.25) is 0 Å². The van der Waals surface area contributed by atoms with Crippen molar-refractivity contribution in [2.45, 2.75) is 38.1 Å². The molecule has 1 aliphatic rings. The number of hydrogen-bond donors (Lipinski definition) is 3. The molecule has 43 heavy (non-hydrogen) atoms. The van der Waals surface area contributed by atoms with E-state index in [2.05, 4.69) is 27.9 Å². The van der Waals surface area contributed by atoms with Crippen LogP contribution >= 0.6 is 22.6 Å². The number of halogens is 1. The average Bonchev–Trinajstić information content (AvgIpc) is 3.01. The van der Waals surface area contributed by atoms with Crippen LogP contribution in [0, 0.1) is 10.5 Å². The van der Waals surface area contributed by atoms with Gasteiger partial charge in [0, 0.05) is 30.5 Å². The lowest BCUT2D eigenvalue weighted by molar-refractivity contribution is -0.118. The van der Waals surface area contributed by atoms with Crippen LogP contribution in [0.15, 0.2) is 99.7 Å². The fraction of sp³-hybridized carbons (Fsp3) is 0.242. The Labute approximate surface area is 261 Å². The molecule has 10 heteroatoms. The van der Waals surface area contributed by atoms with E-state index in [0.29, 0.717) is 16.7 Å². The third-order valence-corrected chi connectivity index (χ3v) is 8.21. The Balaban J connectivity index is 1.58. The highest BCUT2D eigenvalue weighted by molar-refractivity contribution is 14.1. The normalized spacial score (nSPS) is 18.1. The Kier molecular flexibility index (Phi) is 9.59. The summed E-state index contributed by atoms with van der Waals surface area (Å²) in [5.41, 5.74) is 1.45. The first kappa shape index (κ1) is 30.5. The maximum atomic E-state index is 14.3. The van der Waals surface area contributed by atoms with Crippen LogP contribution in [-0.2, 0) is 11.3 Å². The second-order valence-corrected chi connectivity index (χ2v) is 11.5. The molecule has 3 N–H and O–H groups in total. The fourth-order valence-corrected chi connectivity index (χ4v) is 5.58. The van der Waals surface area contributed by atoms with Crippen molar-refractivity contribution >= 4 is 45.4 Å². The van der Waals surface area contributed by atoms with Crippen LogP contribution in [0.25, 0.3) is 11.0 Å². The van der Waals surface area contributed by atoms with E-state index in [0.717, 1.165) is 14.7 Å². The van der Waals surface area contributed by atoms with Crippen molar-refractivity contribution in [1.82, 2.24) is 10.2 Å². The SMILES string of the molecule is Cc1ccc(CN(C(=O)c2cc3ccccc3oc2=O)[C@@H]2CC(C(=O)NCCO)=C[C@H](Oc3ccccc3I)[C@H]2O)cc1. The number of aliphatic hydroxyl groups is 2. The molecule has 0 bridgehead atoms. The van der Waals surface area contributed by atoms with Crippen molar-refractivity contribution in [3.8, 4) is 5.75 Å². The molecule has 1 aliphatic carbocycles. The highest BCUT2D eigenvalue weighted by atomic mass is 127. The number of hydrogen-bond acceptors (Lipinski definition) is 7. The molecule has 0 unspecified atom stereocenters. The summed E-state index contributed by atoms with van der Waals surface area (Å²) in [6, 6.07) is 22.3. The molecule has 5 rings (SSSR count). The summed E-state index contributed by atoms with van der Waals surface area (Å²) in [5, 5.41) is 24.2. The van der Waals surface area contributed by atoms with E-state index < -0.39 is 35.7 Å². The van der Waals surface area contributed by atoms with Gasteiger partial charge in [-0.3, -0.25) is 9.59 Å². The molecule has 4 aromatic rings. The number of benzene rings is 3. The van der Waals surface area contributed by atoms with Gasteiger partial charge >= 0.3 is 5.63 Å². The van der Waals surface area contributed by atoms with Crippen molar-refractivity contribution in [3.63, 3.8) is 0 Å². The van der Waals surface area contributed by atoms with Crippen molar-refractivity contribution < 1.29 is 29.0 Å². The summed E-state index contributed by atoms with van der Waals surface area (Å²) < 4.78 is 12.5. The molecule has 9 nitrogen and oxygen atoms in total. The van der Waals surface area contributed by atoms with Gasteiger partial charge in [-0.2, -0.15) is 0 Å². The molecule has 1 heterocycles. The topological polar surface area (TPSA) is 129 Å². The Bertz CT molecular complexity index is 1720. The van der Waals surface area contributed by atoms with Gasteiger partial charge in [-0.1, -0.05) is 60.2 Å². The molecule has 3 atom stereocenters. The maximum absolute atomic E-state index is 14.3. The fourth-order valence-electron chi connectivity index (χ4n) is 5.06. The first-order chi connectivity index (χ1) is 20.7. The van der Waals surface area contributed by atoms with Gasteiger partial charge in [-0.05, 0) is 65.4 Å². The van der Waals surface area contributed by atoms with Crippen molar-refractivity contribution in [1.29, 1.82) is 0 Å². The molecule has 0 saturated carbocycles. The minimum Gasteiger partial charge on any atom is -0.482 e. The number of para-hydroxylation sites is 2. The monoisotopic (exact) mass is 694 g/mol. The number of aryl methyl sites for hydroxylation is 1. The van der Waals surface area contributed by atoms with E-state index in [-0.39, 0.29) is 37.3 Å². The molecule has 3 aromatic carbocycles. The zero-order valence-corrected chi connectivity index (χ0v) is 25.6. The van der Waals surface area contributed by atoms with Crippen molar-refractivity contribution in [3.05, 3.63) is 121 Å². The zero-order chi connectivity index (χ0) is 30.5.